The summed E-state index contributed by atoms with van der Waals surface area (Å²) in [4.78, 5) is 17.4. The van der Waals surface area contributed by atoms with Crippen LogP contribution < -0.4 is 5.32 Å². The number of thiazole rings is 1. The monoisotopic (exact) mass is 298 g/mol. The largest absolute Gasteiger partial charge is 0.394 e. The molecule has 1 fully saturated rings. The lowest BCUT2D eigenvalue weighted by Crippen LogP contribution is -2.50. The van der Waals surface area contributed by atoms with Crippen LogP contribution in [-0.2, 0) is 4.74 Å². The van der Waals surface area contributed by atoms with Crippen molar-refractivity contribution in [2.45, 2.75) is 45.3 Å². The van der Waals surface area contributed by atoms with Gasteiger partial charge in [-0.1, -0.05) is 0 Å². The Balaban J connectivity index is 2.14. The number of aliphatic hydroxyl groups excluding tert-OH is 1. The molecule has 20 heavy (non-hydrogen) atoms. The van der Waals surface area contributed by atoms with Crippen molar-refractivity contribution in [3.63, 3.8) is 0 Å². The molecule has 112 valence electrons. The highest BCUT2D eigenvalue weighted by Gasteiger charge is 2.42. The lowest BCUT2D eigenvalue weighted by Gasteiger charge is -2.28. The molecule has 5 nitrogen and oxygen atoms in total. The van der Waals surface area contributed by atoms with Crippen LogP contribution in [-0.4, -0.2) is 35.3 Å². The molecule has 0 radical (unpaired) electrons. The summed E-state index contributed by atoms with van der Waals surface area (Å²) in [5, 5.41) is 13.3. The van der Waals surface area contributed by atoms with Crippen LogP contribution in [0.4, 0.5) is 0 Å². The third-order valence-corrected chi connectivity index (χ3v) is 5.24. The van der Waals surface area contributed by atoms with Crippen molar-refractivity contribution in [2.24, 2.45) is 5.92 Å². The first-order chi connectivity index (χ1) is 9.41. The lowest BCUT2D eigenvalue weighted by molar-refractivity contribution is 0.0828. The van der Waals surface area contributed by atoms with Gasteiger partial charge in [-0.25, -0.2) is 4.98 Å². The second kappa shape index (κ2) is 5.79. The number of nitrogens with one attached hydrogen (secondary N) is 1. The van der Waals surface area contributed by atoms with Gasteiger partial charge in [0, 0.05) is 7.11 Å². The number of amides is 1. The number of aryl methyl sites for hydroxylation is 1. The summed E-state index contributed by atoms with van der Waals surface area (Å²) in [6.07, 6.45) is 2.00. The van der Waals surface area contributed by atoms with Gasteiger partial charge in [0.15, 0.2) is 0 Å². The van der Waals surface area contributed by atoms with E-state index in [-0.39, 0.29) is 18.6 Å². The number of carbonyl (C=O) groups is 1. The van der Waals surface area contributed by atoms with E-state index < -0.39 is 5.54 Å². The van der Waals surface area contributed by atoms with E-state index in [0.717, 1.165) is 17.8 Å². The van der Waals surface area contributed by atoms with Gasteiger partial charge in [0.25, 0.3) is 5.91 Å². The molecule has 6 heteroatoms. The summed E-state index contributed by atoms with van der Waals surface area (Å²) in [5.41, 5.74) is 0.183. The van der Waals surface area contributed by atoms with E-state index in [1.165, 1.54) is 11.3 Å². The number of rotatable bonds is 6. The second-order valence-corrected chi connectivity index (χ2v) is 6.68. The molecular weight excluding hydrogens is 276 g/mol. The third kappa shape index (κ3) is 3.02. The Morgan fingerprint density at radius 1 is 1.65 bits per heavy atom. The van der Waals surface area contributed by atoms with Crippen LogP contribution in [0.25, 0.3) is 0 Å². The van der Waals surface area contributed by atoms with Crippen molar-refractivity contribution < 1.29 is 14.6 Å². The molecule has 2 N–H and O–H groups in total. The fraction of sp³-hybridized carbons (Fsp3) is 0.714. The average molecular weight is 298 g/mol. The molecule has 2 rings (SSSR count). The molecule has 1 aliphatic rings. The average Bonchev–Trinajstić information content (AvgIpc) is 3.21. The van der Waals surface area contributed by atoms with E-state index in [1.807, 2.05) is 20.8 Å². The first kappa shape index (κ1) is 15.4. The van der Waals surface area contributed by atoms with Crippen molar-refractivity contribution in [3.8, 4) is 0 Å². The highest BCUT2D eigenvalue weighted by molar-refractivity contribution is 7.13. The van der Waals surface area contributed by atoms with Gasteiger partial charge < -0.3 is 15.2 Å². The van der Waals surface area contributed by atoms with Gasteiger partial charge in [-0.3, -0.25) is 4.79 Å². The fourth-order valence-electron chi connectivity index (χ4n) is 2.21. The third-order valence-electron chi connectivity index (χ3n) is 3.93. The van der Waals surface area contributed by atoms with Crippen molar-refractivity contribution in [1.82, 2.24) is 10.3 Å². The summed E-state index contributed by atoms with van der Waals surface area (Å²) in [6, 6.07) is 0. The number of nitrogens with zero attached hydrogens (tertiary/aromatic N) is 1. The van der Waals surface area contributed by atoms with Gasteiger partial charge in [0.05, 0.1) is 17.8 Å². The highest BCUT2D eigenvalue weighted by Crippen LogP contribution is 2.39. The zero-order valence-electron chi connectivity index (χ0n) is 12.4. The first-order valence-electron chi connectivity index (χ1n) is 6.84. The van der Waals surface area contributed by atoms with Gasteiger partial charge in [-0.2, -0.15) is 0 Å². The van der Waals surface area contributed by atoms with E-state index in [4.69, 9.17) is 4.74 Å². The van der Waals surface area contributed by atoms with E-state index in [2.05, 4.69) is 10.3 Å². The molecule has 0 saturated heterocycles. The van der Waals surface area contributed by atoms with Gasteiger partial charge in [-0.05, 0) is 39.5 Å². The zero-order chi connectivity index (χ0) is 14.9. The Kier molecular flexibility index (Phi) is 4.46. The van der Waals surface area contributed by atoms with E-state index in [0.29, 0.717) is 16.5 Å². The number of aromatic nitrogens is 1. The lowest BCUT2D eigenvalue weighted by atomic mass is 9.97. The molecule has 2 atom stereocenters. The maximum Gasteiger partial charge on any atom is 0.263 e. The van der Waals surface area contributed by atoms with Crippen molar-refractivity contribution in [2.75, 3.05) is 13.7 Å². The van der Waals surface area contributed by atoms with Gasteiger partial charge in [-0.15, -0.1) is 11.3 Å². The highest BCUT2D eigenvalue weighted by atomic mass is 32.1. The molecule has 0 spiro atoms. The minimum absolute atomic E-state index is 0.0391. The minimum Gasteiger partial charge on any atom is -0.394 e. The molecule has 1 aliphatic carbocycles. The number of carbonyl (C=O) groups excluding carboxylic acids is 1. The minimum atomic E-state index is -0.527. The number of hydrogen-bond acceptors (Lipinski definition) is 5. The summed E-state index contributed by atoms with van der Waals surface area (Å²) in [5.74, 6) is 0.222. The Bertz CT molecular complexity index is 499. The Labute approximate surface area is 123 Å². The summed E-state index contributed by atoms with van der Waals surface area (Å²) < 4.78 is 5.23. The molecule has 1 aromatic heterocycles. The topological polar surface area (TPSA) is 71.5 Å². The Morgan fingerprint density at radius 2 is 2.30 bits per heavy atom. The van der Waals surface area contributed by atoms with E-state index in [1.54, 1.807) is 7.11 Å². The van der Waals surface area contributed by atoms with Crippen molar-refractivity contribution in [3.05, 3.63) is 15.6 Å². The van der Waals surface area contributed by atoms with Gasteiger partial charge >= 0.3 is 0 Å². The van der Waals surface area contributed by atoms with E-state index in [9.17, 15) is 9.90 Å². The van der Waals surface area contributed by atoms with E-state index >= 15 is 0 Å². The Morgan fingerprint density at radius 3 is 2.80 bits per heavy atom. The Hall–Kier alpha value is -0.980. The maximum atomic E-state index is 12.4. The van der Waals surface area contributed by atoms with Crippen LogP contribution in [0.1, 0.15) is 53.2 Å². The number of hydrogen-bond donors (Lipinski definition) is 2. The standard InChI is InChI=1S/C14H22N2O3S/c1-8-11(20-13(15-8)9(2)19-4)12(18)16-14(3,7-17)10-5-6-10/h9-10,17H,5-7H2,1-4H3,(H,16,18). The van der Waals surface area contributed by atoms with Crippen LogP contribution in [0.2, 0.25) is 0 Å². The number of methoxy groups -OCH3 is 1. The SMILES string of the molecule is COC(C)c1nc(C)c(C(=O)NC(C)(CO)C2CC2)s1. The number of ether oxygens (including phenoxy) is 1. The summed E-state index contributed by atoms with van der Waals surface area (Å²) in [7, 11) is 1.62. The molecule has 0 aromatic carbocycles. The number of aliphatic hydroxyl groups is 1. The molecule has 1 heterocycles. The molecule has 2 unspecified atom stereocenters. The fourth-order valence-corrected chi connectivity index (χ4v) is 3.20. The predicted molar refractivity (Wildman–Crippen MR) is 78.0 cm³/mol. The van der Waals surface area contributed by atoms with Crippen LogP contribution in [0.3, 0.4) is 0 Å². The molecule has 1 amide bonds. The van der Waals surface area contributed by atoms with Crippen LogP contribution in [0.15, 0.2) is 0 Å². The molecule has 1 saturated carbocycles. The van der Waals surface area contributed by atoms with Crippen LogP contribution >= 0.6 is 11.3 Å². The first-order valence-corrected chi connectivity index (χ1v) is 7.66. The van der Waals surface area contributed by atoms with Crippen LogP contribution in [0, 0.1) is 12.8 Å². The normalized spacial score (nSPS) is 19.4. The predicted octanol–water partition coefficient (Wildman–Crippen LogP) is 2.05. The molecule has 0 aliphatic heterocycles. The van der Waals surface area contributed by atoms with Crippen molar-refractivity contribution in [1.29, 1.82) is 0 Å². The van der Waals surface area contributed by atoms with Gasteiger partial charge in [0.2, 0.25) is 0 Å². The summed E-state index contributed by atoms with van der Waals surface area (Å²) >= 11 is 1.35. The quantitative estimate of drug-likeness (QED) is 0.843. The van der Waals surface area contributed by atoms with Crippen LogP contribution in [0.5, 0.6) is 0 Å². The van der Waals surface area contributed by atoms with Gasteiger partial charge in [0.1, 0.15) is 16.0 Å². The van der Waals surface area contributed by atoms with Crippen molar-refractivity contribution >= 4 is 17.2 Å². The second-order valence-electron chi connectivity index (χ2n) is 5.65. The molecular formula is C14H22N2O3S. The molecule has 1 aromatic rings. The smallest absolute Gasteiger partial charge is 0.263 e. The summed E-state index contributed by atoms with van der Waals surface area (Å²) in [6.45, 7) is 5.59. The zero-order valence-corrected chi connectivity index (χ0v) is 13.2. The maximum absolute atomic E-state index is 12.4. The molecule has 0 bridgehead atoms.